The van der Waals surface area contributed by atoms with Crippen LogP contribution in [0.3, 0.4) is 0 Å². The van der Waals surface area contributed by atoms with Crippen molar-refractivity contribution in [2.45, 2.75) is 52.4 Å². The number of hydrogen-bond donors (Lipinski definition) is 0. The molecule has 0 saturated carbocycles. The summed E-state index contributed by atoms with van der Waals surface area (Å²) < 4.78 is 9.83. The first-order valence-electron chi connectivity index (χ1n) is 25.5. The van der Waals surface area contributed by atoms with Gasteiger partial charge in [-0.05, 0) is 129 Å². The van der Waals surface area contributed by atoms with Gasteiger partial charge in [-0.3, -0.25) is 0 Å². The van der Waals surface area contributed by atoms with Crippen molar-refractivity contribution < 1.29 is 4.42 Å². The summed E-state index contributed by atoms with van der Waals surface area (Å²) in [6.07, 6.45) is 0. The number of hydrogen-bond acceptors (Lipinski definition) is 2. The largest absolute Gasteiger partial charge is 0.456 e. The van der Waals surface area contributed by atoms with E-state index in [9.17, 15) is 0 Å². The van der Waals surface area contributed by atoms with Gasteiger partial charge in [-0.15, -0.1) is 0 Å². The molecule has 11 aromatic carbocycles. The van der Waals surface area contributed by atoms with E-state index in [2.05, 4.69) is 251 Å². The van der Waals surface area contributed by atoms with Crippen LogP contribution in [0.5, 0.6) is 0 Å². The van der Waals surface area contributed by atoms with Gasteiger partial charge >= 0.3 is 6.85 Å². The summed E-state index contributed by atoms with van der Waals surface area (Å²) in [7, 11) is 0. The normalized spacial score (nSPS) is 13.4. The summed E-state index contributed by atoms with van der Waals surface area (Å²) in [5.74, 6) is 0. The molecule has 0 bridgehead atoms. The van der Waals surface area contributed by atoms with Crippen LogP contribution < -0.4 is 15.8 Å². The quantitative estimate of drug-likeness (QED) is 0.130. The fourth-order valence-electron chi connectivity index (χ4n) is 12.9. The molecule has 0 spiro atoms. The second-order valence-corrected chi connectivity index (χ2v) is 22.4. The van der Waals surface area contributed by atoms with E-state index < -0.39 is 0 Å². The van der Waals surface area contributed by atoms with Gasteiger partial charge in [0.15, 0.2) is 0 Å². The Balaban J connectivity index is 1.21. The molecule has 13 aromatic rings. The molecule has 72 heavy (non-hydrogen) atoms. The highest BCUT2D eigenvalue weighted by Crippen LogP contribution is 2.53. The first kappa shape index (κ1) is 41.4. The van der Waals surface area contributed by atoms with Crippen LogP contribution in [0.1, 0.15) is 52.7 Å². The predicted octanol–water partition coefficient (Wildman–Crippen LogP) is 17.5. The first-order chi connectivity index (χ1) is 35.0. The van der Waals surface area contributed by atoms with Crippen molar-refractivity contribution in [2.75, 3.05) is 4.90 Å². The third-order valence-electron chi connectivity index (χ3n) is 16.2. The topological polar surface area (TPSA) is 21.3 Å². The maximum Gasteiger partial charge on any atom is 0.333 e. The van der Waals surface area contributed by atoms with Crippen molar-refractivity contribution >= 4 is 111 Å². The van der Waals surface area contributed by atoms with E-state index in [0.29, 0.717) is 0 Å². The molecule has 15 rings (SSSR count). The minimum atomic E-state index is -0.192. The first-order valence-corrected chi connectivity index (χ1v) is 25.5. The Bertz CT molecular complexity index is 4440. The molecule has 2 aliphatic rings. The lowest BCUT2D eigenvalue weighted by Crippen LogP contribution is -2.56. The Kier molecular flexibility index (Phi) is 8.42. The highest BCUT2D eigenvalue weighted by molar-refractivity contribution is 6.90. The third kappa shape index (κ3) is 5.69. The monoisotopic (exact) mass is 922 g/mol. The van der Waals surface area contributed by atoms with Gasteiger partial charge in [0.25, 0.3) is 0 Å². The fourth-order valence-corrected chi connectivity index (χ4v) is 12.9. The Hall–Kier alpha value is -8.34. The van der Waals surface area contributed by atoms with Crippen LogP contribution in [-0.2, 0) is 10.8 Å². The molecular weight excluding hydrogens is 872 g/mol. The molecule has 0 aliphatic carbocycles. The number of anilines is 3. The lowest BCUT2D eigenvalue weighted by Gasteiger charge is -2.42. The van der Waals surface area contributed by atoms with E-state index in [1.165, 1.54) is 121 Å². The van der Waals surface area contributed by atoms with Gasteiger partial charge in [0, 0.05) is 61.3 Å². The minimum Gasteiger partial charge on any atom is -0.456 e. The molecule has 0 atom stereocenters. The zero-order valence-electron chi connectivity index (χ0n) is 41.4. The van der Waals surface area contributed by atoms with E-state index >= 15 is 0 Å². The smallest absolute Gasteiger partial charge is 0.333 e. The van der Waals surface area contributed by atoms with Gasteiger partial charge in [-0.25, -0.2) is 0 Å². The molecule has 2 aromatic heterocycles. The summed E-state index contributed by atoms with van der Waals surface area (Å²) >= 11 is 0. The lowest BCUT2D eigenvalue weighted by atomic mass is 9.44. The molecule has 0 saturated heterocycles. The highest BCUT2D eigenvalue weighted by atomic mass is 16.3. The van der Waals surface area contributed by atoms with Crippen LogP contribution in [0, 0.1) is 0 Å². The summed E-state index contributed by atoms with van der Waals surface area (Å²) in [5, 5.41) is 12.4. The Morgan fingerprint density at radius 2 is 0.972 bits per heavy atom. The van der Waals surface area contributed by atoms with Crippen LogP contribution >= 0.6 is 0 Å². The van der Waals surface area contributed by atoms with Crippen molar-refractivity contribution in [1.29, 1.82) is 0 Å². The summed E-state index contributed by atoms with van der Waals surface area (Å²) in [6.45, 7) is 13.9. The fraction of sp³-hybridized carbons (Fsp3) is 0.118. The van der Waals surface area contributed by atoms with Crippen LogP contribution in [0.2, 0.25) is 0 Å². The van der Waals surface area contributed by atoms with Crippen molar-refractivity contribution in [3.05, 3.63) is 211 Å². The second kappa shape index (κ2) is 14.6. The summed E-state index contributed by atoms with van der Waals surface area (Å²) in [6, 6.07) is 75.5. The molecule has 4 heteroatoms. The molecule has 0 N–H and O–H groups in total. The van der Waals surface area contributed by atoms with Crippen molar-refractivity contribution in [2.24, 2.45) is 0 Å². The number of para-hydroxylation sites is 2. The molecule has 0 amide bonds. The molecule has 4 heterocycles. The molecule has 342 valence electrons. The molecule has 3 nitrogen and oxygen atoms in total. The van der Waals surface area contributed by atoms with E-state index in [-0.39, 0.29) is 17.7 Å². The van der Waals surface area contributed by atoms with Crippen molar-refractivity contribution in [3.8, 4) is 33.4 Å². The number of nitrogens with zero attached hydrogens (tertiary/aromatic N) is 2. The van der Waals surface area contributed by atoms with Crippen LogP contribution in [0.25, 0.3) is 109 Å². The average molecular weight is 923 g/mol. The number of aromatic nitrogens is 1. The van der Waals surface area contributed by atoms with Crippen LogP contribution in [0.15, 0.2) is 205 Å². The van der Waals surface area contributed by atoms with Gasteiger partial charge in [0.1, 0.15) is 11.2 Å². The van der Waals surface area contributed by atoms with Gasteiger partial charge in [0.2, 0.25) is 0 Å². The molecule has 2 aliphatic heterocycles. The van der Waals surface area contributed by atoms with Crippen LogP contribution in [-0.4, -0.2) is 11.3 Å². The number of fused-ring (bicyclic) bond motifs is 15. The minimum absolute atomic E-state index is 0.109. The van der Waals surface area contributed by atoms with Crippen molar-refractivity contribution in [1.82, 2.24) is 4.48 Å². The maximum atomic E-state index is 7.11. The number of furan rings is 1. The molecule has 0 fully saturated rings. The Morgan fingerprint density at radius 3 is 1.62 bits per heavy atom. The standard InChI is InChI=1S/C68H51BN2O/c1-67(2,3)43-34-44(68(4,5)6)36-45(35-43)70-56-38-52-51(60(40-21-9-7-10-22-40)47-27-15-16-28-48(47)61(52)41-23-11-8-12-24-41)37-54(56)69-65-57(70)39-59-63(50-30-18-20-32-58(50)72-59)64(65)53-33-42-25-13-14-26-46(42)62-49-29-17-19-31-55(49)71(69)66(53)62/h7-39H,1-6H3. The zero-order chi connectivity index (χ0) is 48.4. The Morgan fingerprint density at radius 1 is 0.417 bits per heavy atom. The Labute approximate surface area is 419 Å². The second-order valence-electron chi connectivity index (χ2n) is 22.4. The summed E-state index contributed by atoms with van der Waals surface area (Å²) in [4.78, 5) is 2.63. The molecule has 0 radical (unpaired) electrons. The number of rotatable bonds is 3. The third-order valence-corrected chi connectivity index (χ3v) is 16.2. The van der Waals surface area contributed by atoms with E-state index in [1.54, 1.807) is 0 Å². The van der Waals surface area contributed by atoms with E-state index in [1.807, 2.05) is 0 Å². The van der Waals surface area contributed by atoms with Gasteiger partial charge < -0.3 is 13.8 Å². The summed E-state index contributed by atoms with van der Waals surface area (Å²) in [5.41, 5.74) is 20.2. The number of benzene rings is 11. The average Bonchev–Trinajstić information content (AvgIpc) is 3.95. The predicted molar refractivity (Wildman–Crippen MR) is 308 cm³/mol. The molecule has 0 unspecified atom stereocenters. The van der Waals surface area contributed by atoms with E-state index in [4.69, 9.17) is 4.42 Å². The van der Waals surface area contributed by atoms with Gasteiger partial charge in [-0.2, -0.15) is 0 Å². The van der Waals surface area contributed by atoms with Crippen LogP contribution in [0.4, 0.5) is 17.1 Å². The highest BCUT2D eigenvalue weighted by Gasteiger charge is 2.45. The van der Waals surface area contributed by atoms with E-state index in [0.717, 1.165) is 27.9 Å². The zero-order valence-corrected chi connectivity index (χ0v) is 41.4. The van der Waals surface area contributed by atoms with Gasteiger partial charge in [-0.1, -0.05) is 199 Å². The SMILES string of the molecule is CC(C)(C)c1cc(N2c3cc4c(-c5ccccc5)c5ccccc5c(-c5ccccc5)c4cc3B3c4c2cc2oc5ccccc5c2c4-c2cc4ccccc4c4c5ccccc5n3c24)cc(C(C)(C)C)c1. The van der Waals surface area contributed by atoms with Gasteiger partial charge in [0.05, 0.1) is 0 Å². The molecular formula is C68H51BN2O. The maximum absolute atomic E-state index is 7.11. The van der Waals surface area contributed by atoms with Crippen molar-refractivity contribution in [3.63, 3.8) is 0 Å². The lowest BCUT2D eigenvalue weighted by molar-refractivity contribution is 0.569.